The van der Waals surface area contributed by atoms with Crippen LogP contribution in [0.25, 0.3) is 0 Å². The molecular formula is C14H29BrO2Si. The van der Waals surface area contributed by atoms with E-state index in [-0.39, 0.29) is 10.1 Å². The standard InChI is InChI=1S/C14H29BrO2Si/c1-12(9-8-10-15)11-17-18(16,13(2,3)4)14(5,6)7/h8-9,12,16H,10-11H2,1-7H3/b9-8-. The smallest absolute Gasteiger partial charge is 0.346 e. The summed E-state index contributed by atoms with van der Waals surface area (Å²) in [5, 5.41) is 0.478. The first-order valence-corrected chi connectivity index (χ1v) is 9.52. The summed E-state index contributed by atoms with van der Waals surface area (Å²) < 4.78 is 6.05. The van der Waals surface area contributed by atoms with Crippen LogP contribution in [0.3, 0.4) is 0 Å². The van der Waals surface area contributed by atoms with Gasteiger partial charge in [-0.3, -0.25) is 0 Å². The maximum absolute atomic E-state index is 11.0. The van der Waals surface area contributed by atoms with Crippen LogP contribution in [0.1, 0.15) is 48.5 Å². The lowest BCUT2D eigenvalue weighted by atomic mass is 10.2. The zero-order valence-electron chi connectivity index (χ0n) is 12.9. The van der Waals surface area contributed by atoms with Crippen molar-refractivity contribution in [3.05, 3.63) is 12.2 Å². The maximum atomic E-state index is 11.0. The van der Waals surface area contributed by atoms with Gasteiger partial charge in [-0.25, -0.2) is 0 Å². The molecule has 1 N–H and O–H groups in total. The van der Waals surface area contributed by atoms with Crippen molar-refractivity contribution in [2.45, 2.75) is 58.5 Å². The van der Waals surface area contributed by atoms with E-state index >= 15 is 0 Å². The summed E-state index contributed by atoms with van der Waals surface area (Å²) in [5.41, 5.74) is 0. The molecule has 0 aromatic heterocycles. The lowest BCUT2D eigenvalue weighted by Gasteiger charge is -2.45. The SMILES string of the molecule is CC(/C=C\CBr)CO[Si](O)(C(C)(C)C)C(C)(C)C. The summed E-state index contributed by atoms with van der Waals surface area (Å²) in [6.07, 6.45) is 4.19. The van der Waals surface area contributed by atoms with Crippen LogP contribution in [-0.4, -0.2) is 25.3 Å². The monoisotopic (exact) mass is 336 g/mol. The van der Waals surface area contributed by atoms with Gasteiger partial charge in [0.2, 0.25) is 0 Å². The number of hydrogen-bond acceptors (Lipinski definition) is 2. The van der Waals surface area contributed by atoms with E-state index in [4.69, 9.17) is 4.43 Å². The molecular weight excluding hydrogens is 308 g/mol. The Bertz CT molecular complexity index is 262. The predicted octanol–water partition coefficient (Wildman–Crippen LogP) is 4.62. The van der Waals surface area contributed by atoms with Crippen molar-refractivity contribution in [1.82, 2.24) is 0 Å². The third kappa shape index (κ3) is 4.80. The number of halogens is 1. The predicted molar refractivity (Wildman–Crippen MR) is 85.5 cm³/mol. The molecule has 0 aliphatic rings. The summed E-state index contributed by atoms with van der Waals surface area (Å²) in [6, 6.07) is 0. The number of alkyl halides is 1. The second-order valence-electron chi connectivity index (χ2n) is 7.01. The van der Waals surface area contributed by atoms with Gasteiger partial charge in [0, 0.05) is 22.0 Å². The summed E-state index contributed by atoms with van der Waals surface area (Å²) in [7, 11) is -2.80. The van der Waals surface area contributed by atoms with Gasteiger partial charge in [-0.15, -0.1) is 0 Å². The van der Waals surface area contributed by atoms with Gasteiger partial charge in [0.05, 0.1) is 0 Å². The van der Waals surface area contributed by atoms with Crippen molar-refractivity contribution in [1.29, 1.82) is 0 Å². The molecule has 0 amide bonds. The molecule has 0 heterocycles. The Kier molecular flexibility index (Phi) is 6.82. The Labute approximate surface area is 122 Å². The second kappa shape index (κ2) is 6.68. The zero-order chi connectivity index (χ0) is 14.6. The first kappa shape index (κ1) is 18.4. The fourth-order valence-electron chi connectivity index (χ4n) is 2.15. The van der Waals surface area contributed by atoms with Crippen molar-refractivity contribution < 1.29 is 9.22 Å². The molecule has 1 atom stereocenters. The van der Waals surface area contributed by atoms with Crippen molar-refractivity contribution in [2.75, 3.05) is 11.9 Å². The number of rotatable bonds is 5. The number of hydrogen-bond donors (Lipinski definition) is 1. The minimum Gasteiger partial charge on any atom is -0.410 e. The van der Waals surface area contributed by atoms with Crippen molar-refractivity contribution in [3.63, 3.8) is 0 Å². The van der Waals surface area contributed by atoms with Crippen LogP contribution in [0.2, 0.25) is 10.1 Å². The lowest BCUT2D eigenvalue weighted by Crippen LogP contribution is -2.55. The molecule has 0 bridgehead atoms. The van der Waals surface area contributed by atoms with Gasteiger partial charge in [0.25, 0.3) is 0 Å². The maximum Gasteiger partial charge on any atom is 0.346 e. The average molecular weight is 337 g/mol. The Morgan fingerprint density at radius 1 is 1.17 bits per heavy atom. The summed E-state index contributed by atoms with van der Waals surface area (Å²) >= 11 is 3.36. The highest BCUT2D eigenvalue weighted by Crippen LogP contribution is 2.49. The van der Waals surface area contributed by atoms with Gasteiger partial charge in [-0.1, -0.05) is 76.5 Å². The average Bonchev–Trinajstić information content (AvgIpc) is 2.19. The van der Waals surface area contributed by atoms with E-state index < -0.39 is 8.56 Å². The van der Waals surface area contributed by atoms with Crippen LogP contribution in [0.5, 0.6) is 0 Å². The summed E-state index contributed by atoms with van der Waals surface area (Å²) in [4.78, 5) is 11.0. The van der Waals surface area contributed by atoms with E-state index in [1.54, 1.807) is 0 Å². The first-order valence-electron chi connectivity index (χ1n) is 6.54. The van der Waals surface area contributed by atoms with Crippen LogP contribution in [-0.2, 0) is 4.43 Å². The Balaban J connectivity index is 4.81. The molecule has 2 nitrogen and oxygen atoms in total. The van der Waals surface area contributed by atoms with Crippen LogP contribution in [0.4, 0.5) is 0 Å². The normalized spacial score (nSPS) is 16.3. The topological polar surface area (TPSA) is 29.5 Å². The molecule has 4 heteroatoms. The highest BCUT2D eigenvalue weighted by Gasteiger charge is 2.55. The van der Waals surface area contributed by atoms with E-state index in [2.05, 4.69) is 76.5 Å². The molecule has 0 aliphatic carbocycles. The molecule has 0 aliphatic heterocycles. The summed E-state index contributed by atoms with van der Waals surface area (Å²) in [6.45, 7) is 15.1. The van der Waals surface area contributed by atoms with E-state index in [1.807, 2.05) is 0 Å². The molecule has 0 aromatic carbocycles. The molecule has 1 unspecified atom stereocenters. The van der Waals surface area contributed by atoms with E-state index in [9.17, 15) is 4.80 Å². The third-order valence-electron chi connectivity index (χ3n) is 3.14. The molecule has 0 rings (SSSR count). The largest absolute Gasteiger partial charge is 0.410 e. The minimum atomic E-state index is -2.80. The van der Waals surface area contributed by atoms with Crippen LogP contribution in [0, 0.1) is 5.92 Å². The van der Waals surface area contributed by atoms with Gasteiger partial charge < -0.3 is 9.22 Å². The molecule has 0 aromatic rings. The van der Waals surface area contributed by atoms with E-state index in [0.29, 0.717) is 12.5 Å². The van der Waals surface area contributed by atoms with Gasteiger partial charge in [-0.2, -0.15) is 0 Å². The molecule has 108 valence electrons. The fourth-order valence-corrected chi connectivity index (χ4v) is 5.99. The number of allylic oxidation sites excluding steroid dienone is 1. The van der Waals surface area contributed by atoms with Gasteiger partial charge >= 0.3 is 8.56 Å². The van der Waals surface area contributed by atoms with Crippen LogP contribution in [0.15, 0.2) is 12.2 Å². The highest BCUT2D eigenvalue weighted by atomic mass is 79.9. The minimum absolute atomic E-state index is 0.190. The van der Waals surface area contributed by atoms with Crippen LogP contribution >= 0.6 is 15.9 Å². The van der Waals surface area contributed by atoms with Crippen molar-refractivity contribution in [2.24, 2.45) is 5.92 Å². The first-order chi connectivity index (χ1) is 7.95. The van der Waals surface area contributed by atoms with Gasteiger partial charge in [-0.05, 0) is 5.92 Å². The van der Waals surface area contributed by atoms with E-state index in [1.165, 1.54) is 0 Å². The molecule has 0 fully saturated rings. The second-order valence-corrected chi connectivity index (χ2v) is 12.2. The fraction of sp³-hybridized carbons (Fsp3) is 0.857. The third-order valence-corrected chi connectivity index (χ3v) is 8.17. The molecule has 0 saturated carbocycles. The molecule has 18 heavy (non-hydrogen) atoms. The molecule has 0 radical (unpaired) electrons. The van der Waals surface area contributed by atoms with E-state index in [0.717, 1.165) is 5.33 Å². The van der Waals surface area contributed by atoms with Crippen molar-refractivity contribution in [3.8, 4) is 0 Å². The Morgan fingerprint density at radius 3 is 1.94 bits per heavy atom. The van der Waals surface area contributed by atoms with Crippen molar-refractivity contribution >= 4 is 24.5 Å². The summed E-state index contributed by atoms with van der Waals surface area (Å²) in [5.74, 6) is 0.325. The molecule has 0 spiro atoms. The van der Waals surface area contributed by atoms with Gasteiger partial charge in [0.1, 0.15) is 0 Å². The molecule has 0 saturated heterocycles. The quantitative estimate of drug-likeness (QED) is 0.450. The zero-order valence-corrected chi connectivity index (χ0v) is 15.5. The lowest BCUT2D eigenvalue weighted by molar-refractivity contribution is 0.164. The highest BCUT2D eigenvalue weighted by molar-refractivity contribution is 9.09. The Hall–Kier alpha value is 0.357. The van der Waals surface area contributed by atoms with Gasteiger partial charge in [0.15, 0.2) is 0 Å². The Morgan fingerprint density at radius 2 is 1.61 bits per heavy atom. The van der Waals surface area contributed by atoms with Crippen LogP contribution < -0.4 is 0 Å².